The zero-order valence-electron chi connectivity index (χ0n) is 20.2. The Balaban J connectivity index is 1.77. The number of hydrogen-bond acceptors (Lipinski definition) is 6. The highest BCUT2D eigenvalue weighted by Crippen LogP contribution is 2.31. The maximum atomic E-state index is 12.6. The lowest BCUT2D eigenvalue weighted by molar-refractivity contribution is -0.118. The van der Waals surface area contributed by atoms with Crippen molar-refractivity contribution in [1.82, 2.24) is 14.9 Å². The topological polar surface area (TPSA) is 130 Å². The number of Topliss-reactive ketones (excluding diaryl/α,β-unsaturated/α-hetero) is 1. The first-order chi connectivity index (χ1) is 15.4. The number of nitrogens with zero attached hydrogens (tertiary/aromatic N) is 3. The molecule has 0 aliphatic carbocycles. The smallest absolute Gasteiger partial charge is 0.254 e. The van der Waals surface area contributed by atoms with Gasteiger partial charge in [0.15, 0.2) is 0 Å². The van der Waals surface area contributed by atoms with Crippen LogP contribution < -0.4 is 11.5 Å². The molecule has 0 unspecified atom stereocenters. The van der Waals surface area contributed by atoms with Gasteiger partial charge in [0, 0.05) is 24.1 Å². The van der Waals surface area contributed by atoms with Crippen molar-refractivity contribution in [2.24, 2.45) is 11.1 Å². The predicted molar refractivity (Wildman–Crippen MR) is 128 cm³/mol. The fraction of sp³-hybridized carbons (Fsp3) is 0.440. The molecule has 0 atom stereocenters. The van der Waals surface area contributed by atoms with E-state index < -0.39 is 5.91 Å². The van der Waals surface area contributed by atoms with Crippen LogP contribution in [0.4, 0.5) is 5.82 Å². The molecule has 1 aromatic carbocycles. The largest absolute Gasteiger partial charge is 0.383 e. The molecule has 1 amide bonds. The number of aryl methyl sites for hydroxylation is 1. The Morgan fingerprint density at radius 2 is 1.85 bits per heavy atom. The minimum atomic E-state index is -0.619. The van der Waals surface area contributed by atoms with Gasteiger partial charge in [-0.1, -0.05) is 44.1 Å². The van der Waals surface area contributed by atoms with Gasteiger partial charge in [0.25, 0.3) is 5.91 Å². The molecule has 0 spiro atoms. The van der Waals surface area contributed by atoms with Gasteiger partial charge in [-0.2, -0.15) is 5.10 Å². The van der Waals surface area contributed by atoms with Crippen molar-refractivity contribution in [1.29, 1.82) is 0 Å². The zero-order chi connectivity index (χ0) is 24.5. The summed E-state index contributed by atoms with van der Waals surface area (Å²) in [5.74, 6) is 0.245. The number of ketones is 1. The Labute approximate surface area is 194 Å². The van der Waals surface area contributed by atoms with E-state index in [9.17, 15) is 9.59 Å². The van der Waals surface area contributed by atoms with Crippen LogP contribution in [-0.4, -0.2) is 26.6 Å². The van der Waals surface area contributed by atoms with Gasteiger partial charge in [0.05, 0.1) is 12.1 Å². The number of hydrogen-bond donors (Lipinski definition) is 2. The Bertz CT molecular complexity index is 1180. The molecular weight excluding hydrogens is 418 g/mol. The number of amides is 1. The van der Waals surface area contributed by atoms with Crippen LogP contribution in [0.25, 0.3) is 11.3 Å². The summed E-state index contributed by atoms with van der Waals surface area (Å²) in [5.41, 5.74) is 15.9. The molecule has 8 heteroatoms. The molecular formula is C25H33N5O3. The predicted octanol–water partition coefficient (Wildman–Crippen LogP) is 4.05. The Morgan fingerprint density at radius 3 is 2.42 bits per heavy atom. The van der Waals surface area contributed by atoms with E-state index in [4.69, 9.17) is 16.0 Å². The molecule has 33 heavy (non-hydrogen) atoms. The highest BCUT2D eigenvalue weighted by Gasteiger charge is 2.24. The number of carbonyl (C=O) groups is 2. The average Bonchev–Trinajstić information content (AvgIpc) is 3.24. The summed E-state index contributed by atoms with van der Waals surface area (Å²) in [6, 6.07) is 7.48. The number of nitrogens with two attached hydrogens (primary N) is 2. The first-order valence-corrected chi connectivity index (χ1v) is 11.1. The fourth-order valence-corrected chi connectivity index (χ4v) is 3.92. The van der Waals surface area contributed by atoms with E-state index in [0.717, 1.165) is 28.8 Å². The lowest BCUT2D eigenvalue weighted by Crippen LogP contribution is -2.15. The van der Waals surface area contributed by atoms with Gasteiger partial charge in [0.1, 0.15) is 28.6 Å². The van der Waals surface area contributed by atoms with E-state index in [1.165, 1.54) is 0 Å². The van der Waals surface area contributed by atoms with Crippen molar-refractivity contribution in [3.8, 4) is 11.3 Å². The van der Waals surface area contributed by atoms with Crippen LogP contribution in [0.1, 0.15) is 73.6 Å². The van der Waals surface area contributed by atoms with Crippen molar-refractivity contribution in [3.05, 3.63) is 52.4 Å². The lowest BCUT2D eigenvalue weighted by atomic mass is 9.90. The highest BCUT2D eigenvalue weighted by molar-refractivity contribution is 6.03. The number of benzene rings is 1. The minimum absolute atomic E-state index is 0.0194. The molecule has 0 bridgehead atoms. The average molecular weight is 452 g/mol. The van der Waals surface area contributed by atoms with E-state index in [1.807, 2.05) is 45.0 Å². The van der Waals surface area contributed by atoms with Crippen LogP contribution in [0.2, 0.25) is 0 Å². The summed E-state index contributed by atoms with van der Waals surface area (Å²) >= 11 is 0. The molecule has 0 saturated heterocycles. The van der Waals surface area contributed by atoms with Gasteiger partial charge in [-0.3, -0.25) is 9.59 Å². The minimum Gasteiger partial charge on any atom is -0.383 e. The summed E-state index contributed by atoms with van der Waals surface area (Å²) in [5, 5.41) is 8.62. The van der Waals surface area contributed by atoms with Gasteiger partial charge in [-0.25, -0.2) is 4.68 Å². The Hall–Kier alpha value is -3.42. The van der Waals surface area contributed by atoms with Crippen molar-refractivity contribution in [3.63, 3.8) is 0 Å². The van der Waals surface area contributed by atoms with Crippen LogP contribution in [-0.2, 0) is 24.1 Å². The molecule has 0 saturated carbocycles. The van der Waals surface area contributed by atoms with Gasteiger partial charge < -0.3 is 16.0 Å². The molecule has 0 aliphatic rings. The lowest BCUT2D eigenvalue weighted by Gasteiger charge is -2.14. The highest BCUT2D eigenvalue weighted by atomic mass is 16.5. The second kappa shape index (κ2) is 9.21. The van der Waals surface area contributed by atoms with Crippen LogP contribution >= 0.6 is 0 Å². The molecule has 8 nitrogen and oxygen atoms in total. The van der Waals surface area contributed by atoms with E-state index >= 15 is 0 Å². The molecule has 176 valence electrons. The third kappa shape index (κ3) is 5.69. The van der Waals surface area contributed by atoms with Crippen LogP contribution in [0.15, 0.2) is 28.8 Å². The first kappa shape index (κ1) is 24.2. The Kier molecular flexibility index (Phi) is 6.76. The molecule has 0 fully saturated rings. The normalized spacial score (nSPS) is 11.8. The number of nitrogen functional groups attached to an aromatic ring is 1. The molecule has 0 radical (unpaired) electrons. The maximum Gasteiger partial charge on any atom is 0.254 e. The maximum absolute atomic E-state index is 12.6. The van der Waals surface area contributed by atoms with Crippen LogP contribution in [0.5, 0.6) is 0 Å². The monoisotopic (exact) mass is 451 g/mol. The van der Waals surface area contributed by atoms with E-state index in [0.29, 0.717) is 11.5 Å². The molecule has 3 aromatic rings. The fourth-order valence-electron chi connectivity index (χ4n) is 3.92. The summed E-state index contributed by atoms with van der Waals surface area (Å²) in [7, 11) is 0. The van der Waals surface area contributed by atoms with Gasteiger partial charge >= 0.3 is 0 Å². The van der Waals surface area contributed by atoms with Gasteiger partial charge in [0.2, 0.25) is 0 Å². The van der Waals surface area contributed by atoms with Crippen molar-refractivity contribution >= 4 is 17.5 Å². The number of carbonyl (C=O) groups excluding carboxylic acids is 2. The number of primary amides is 1. The van der Waals surface area contributed by atoms with Crippen molar-refractivity contribution < 1.29 is 14.1 Å². The Morgan fingerprint density at radius 1 is 1.15 bits per heavy atom. The summed E-state index contributed by atoms with van der Waals surface area (Å²) < 4.78 is 6.95. The second-order valence-corrected chi connectivity index (χ2v) is 10.1. The first-order valence-electron chi connectivity index (χ1n) is 11.1. The molecule has 2 aromatic heterocycles. The van der Waals surface area contributed by atoms with Crippen LogP contribution in [0.3, 0.4) is 0 Å². The molecule has 4 N–H and O–H groups in total. The third-order valence-electron chi connectivity index (χ3n) is 5.32. The molecule has 3 rings (SSSR count). The van der Waals surface area contributed by atoms with E-state index in [2.05, 4.69) is 31.0 Å². The third-order valence-corrected chi connectivity index (χ3v) is 5.32. The summed E-state index contributed by atoms with van der Waals surface area (Å²) in [6.45, 7) is 12.2. The van der Waals surface area contributed by atoms with Crippen molar-refractivity contribution in [2.45, 2.75) is 66.8 Å². The number of rotatable bonds is 8. The van der Waals surface area contributed by atoms with Crippen LogP contribution in [0, 0.1) is 12.3 Å². The molecule has 0 aliphatic heterocycles. The SMILES string of the molecule is Cc1cc(CC(=O)Cc2cc(CC(C)(C)C)no2)ccc1-c1nn(C(C)C)c(N)c1C(N)=O. The van der Waals surface area contributed by atoms with E-state index in [-0.39, 0.29) is 41.5 Å². The van der Waals surface area contributed by atoms with Gasteiger partial charge in [-0.05, 0) is 43.7 Å². The summed E-state index contributed by atoms with van der Waals surface area (Å²) in [4.78, 5) is 24.7. The van der Waals surface area contributed by atoms with Gasteiger partial charge in [-0.15, -0.1) is 0 Å². The summed E-state index contributed by atoms with van der Waals surface area (Å²) in [6.07, 6.45) is 1.25. The number of aromatic nitrogens is 3. The standard InChI is InChI=1S/C25H33N5O3/c1-14(2)30-23(26)21(24(27)32)22(28-30)20-8-7-16(9-15(20)3)10-18(31)12-19-11-17(29-33-19)13-25(4,5)6/h7-9,11,14H,10,12-13,26H2,1-6H3,(H2,27,32). The zero-order valence-corrected chi connectivity index (χ0v) is 20.2. The quantitative estimate of drug-likeness (QED) is 0.531. The second-order valence-electron chi connectivity index (χ2n) is 10.1. The van der Waals surface area contributed by atoms with Crippen molar-refractivity contribution in [2.75, 3.05) is 5.73 Å². The molecule has 2 heterocycles. The van der Waals surface area contributed by atoms with E-state index in [1.54, 1.807) is 4.68 Å². The number of anilines is 1.